The molecule has 1 aliphatic carbocycles. The average molecular weight is 435 g/mol. The average Bonchev–Trinajstić information content (AvgIpc) is 3.13. The molecule has 1 aromatic heterocycles. The lowest BCUT2D eigenvalue weighted by Crippen LogP contribution is -2.47. The molecule has 1 saturated carbocycles. The van der Waals surface area contributed by atoms with Crippen LogP contribution in [0.1, 0.15) is 54.4 Å². The van der Waals surface area contributed by atoms with Crippen LogP contribution in [0.3, 0.4) is 0 Å². The maximum Gasteiger partial charge on any atom is 0.252 e. The molecular formula is C26H34N4O2. The van der Waals surface area contributed by atoms with Gasteiger partial charge in [-0.15, -0.1) is 0 Å². The first-order valence-electron chi connectivity index (χ1n) is 11.6. The highest BCUT2D eigenvalue weighted by atomic mass is 16.2. The van der Waals surface area contributed by atoms with Crippen molar-refractivity contribution < 1.29 is 9.59 Å². The van der Waals surface area contributed by atoms with Crippen molar-refractivity contribution in [2.75, 3.05) is 33.7 Å². The van der Waals surface area contributed by atoms with Gasteiger partial charge in [0.25, 0.3) is 5.91 Å². The molecule has 2 heterocycles. The smallest absolute Gasteiger partial charge is 0.252 e. The number of rotatable bonds is 7. The van der Waals surface area contributed by atoms with E-state index in [1.165, 1.54) is 5.56 Å². The predicted molar refractivity (Wildman–Crippen MR) is 125 cm³/mol. The lowest BCUT2D eigenvalue weighted by Gasteiger charge is -2.48. The zero-order valence-electron chi connectivity index (χ0n) is 19.2. The summed E-state index contributed by atoms with van der Waals surface area (Å²) < 4.78 is 0. The largest absolute Gasteiger partial charge is 0.352 e. The minimum Gasteiger partial charge on any atom is -0.352 e. The number of carbonyl (C=O) groups is 2. The second kappa shape index (κ2) is 9.41. The number of hydrogen-bond acceptors (Lipinski definition) is 4. The Bertz CT molecular complexity index is 921. The Labute approximate surface area is 191 Å². The summed E-state index contributed by atoms with van der Waals surface area (Å²) in [7, 11) is 4.35. The standard InChI is InChI=1S/C26H34N4O2/c1-29(2)26(22-9-4-3-5-10-22)13-11-25(12-14-26)18-23(31)30(20-25)17-7-16-28-24(32)21-8-6-15-27-19-21/h3-6,8-10,15,19H,7,11-14,16-18,20H2,1-2H3,(H,28,32)/t25-,26-. The van der Waals surface area contributed by atoms with Gasteiger partial charge in [0.15, 0.2) is 0 Å². The van der Waals surface area contributed by atoms with E-state index in [9.17, 15) is 9.59 Å². The Morgan fingerprint density at radius 3 is 2.50 bits per heavy atom. The van der Waals surface area contributed by atoms with Crippen molar-refractivity contribution in [2.24, 2.45) is 5.41 Å². The van der Waals surface area contributed by atoms with Crippen LogP contribution in [0.15, 0.2) is 54.9 Å². The molecule has 1 N–H and O–H groups in total. The number of pyridine rings is 1. The van der Waals surface area contributed by atoms with Crippen LogP contribution in [0.2, 0.25) is 0 Å². The molecule has 0 bridgehead atoms. The first-order chi connectivity index (χ1) is 15.4. The number of likely N-dealkylation sites (tertiary alicyclic amines) is 1. The zero-order valence-corrected chi connectivity index (χ0v) is 19.2. The van der Waals surface area contributed by atoms with Crippen molar-refractivity contribution >= 4 is 11.8 Å². The van der Waals surface area contributed by atoms with Crippen molar-refractivity contribution in [3.05, 3.63) is 66.0 Å². The number of nitrogens with zero attached hydrogens (tertiary/aromatic N) is 3. The third-order valence-corrected chi connectivity index (χ3v) is 7.52. The molecule has 0 atom stereocenters. The van der Waals surface area contributed by atoms with Crippen LogP contribution < -0.4 is 5.32 Å². The van der Waals surface area contributed by atoms with Gasteiger partial charge in [-0.05, 0) is 69.3 Å². The second-order valence-electron chi connectivity index (χ2n) is 9.64. The molecule has 1 spiro atoms. The fraction of sp³-hybridized carbons (Fsp3) is 0.500. The van der Waals surface area contributed by atoms with Crippen LogP contribution in [-0.2, 0) is 10.3 Å². The van der Waals surface area contributed by atoms with Gasteiger partial charge in [-0.1, -0.05) is 30.3 Å². The predicted octanol–water partition coefficient (Wildman–Crippen LogP) is 3.45. The summed E-state index contributed by atoms with van der Waals surface area (Å²) in [6.07, 6.45) is 8.93. The fourth-order valence-corrected chi connectivity index (χ4v) is 5.53. The van der Waals surface area contributed by atoms with Crippen molar-refractivity contribution in [1.82, 2.24) is 20.1 Å². The number of nitrogens with one attached hydrogen (secondary N) is 1. The zero-order chi connectivity index (χ0) is 22.6. The van der Waals surface area contributed by atoms with Crippen molar-refractivity contribution in [1.29, 1.82) is 0 Å². The topological polar surface area (TPSA) is 65.5 Å². The van der Waals surface area contributed by atoms with E-state index in [2.05, 4.69) is 59.6 Å². The highest BCUT2D eigenvalue weighted by molar-refractivity contribution is 5.93. The minimum atomic E-state index is -0.115. The second-order valence-corrected chi connectivity index (χ2v) is 9.64. The molecule has 0 unspecified atom stereocenters. The molecule has 4 rings (SSSR count). The van der Waals surface area contributed by atoms with E-state index in [4.69, 9.17) is 0 Å². The monoisotopic (exact) mass is 434 g/mol. The number of carbonyl (C=O) groups excluding carboxylic acids is 2. The van der Waals surface area contributed by atoms with Gasteiger partial charge in [0.1, 0.15) is 0 Å². The van der Waals surface area contributed by atoms with Gasteiger partial charge < -0.3 is 10.2 Å². The first-order valence-corrected chi connectivity index (χ1v) is 11.6. The van der Waals surface area contributed by atoms with E-state index in [1.54, 1.807) is 24.5 Å². The van der Waals surface area contributed by atoms with Crippen LogP contribution in [0.25, 0.3) is 0 Å². The first kappa shape index (κ1) is 22.5. The Hall–Kier alpha value is -2.73. The molecule has 6 nitrogen and oxygen atoms in total. The lowest BCUT2D eigenvalue weighted by atomic mass is 9.64. The summed E-state index contributed by atoms with van der Waals surface area (Å²) >= 11 is 0. The summed E-state index contributed by atoms with van der Waals surface area (Å²) in [5.74, 6) is 0.149. The van der Waals surface area contributed by atoms with Crippen LogP contribution in [0, 0.1) is 5.41 Å². The van der Waals surface area contributed by atoms with Gasteiger partial charge in [-0.25, -0.2) is 0 Å². The van der Waals surface area contributed by atoms with Gasteiger partial charge in [0.05, 0.1) is 5.56 Å². The summed E-state index contributed by atoms with van der Waals surface area (Å²) in [6.45, 7) is 2.11. The molecule has 32 heavy (non-hydrogen) atoms. The maximum atomic E-state index is 12.8. The van der Waals surface area contributed by atoms with Crippen LogP contribution >= 0.6 is 0 Å². The fourth-order valence-electron chi connectivity index (χ4n) is 5.53. The highest BCUT2D eigenvalue weighted by Gasteiger charge is 2.49. The molecule has 2 aliphatic rings. The molecule has 2 aromatic rings. The molecule has 2 amide bonds. The number of hydrogen-bond donors (Lipinski definition) is 1. The van der Waals surface area contributed by atoms with Crippen LogP contribution in [-0.4, -0.2) is 60.3 Å². The lowest BCUT2D eigenvalue weighted by molar-refractivity contribution is -0.127. The summed E-state index contributed by atoms with van der Waals surface area (Å²) in [6, 6.07) is 14.3. The molecule has 1 saturated heterocycles. The van der Waals surface area contributed by atoms with Crippen LogP contribution in [0.5, 0.6) is 0 Å². The minimum absolute atomic E-state index is 0.0551. The quantitative estimate of drug-likeness (QED) is 0.678. The Balaban J connectivity index is 1.29. The molecule has 1 aromatic carbocycles. The van der Waals surface area contributed by atoms with E-state index < -0.39 is 0 Å². The van der Waals surface area contributed by atoms with E-state index in [0.717, 1.165) is 38.6 Å². The number of benzene rings is 1. The summed E-state index contributed by atoms with van der Waals surface area (Å²) in [4.78, 5) is 33.3. The normalized spacial score (nSPS) is 25.5. The van der Waals surface area contributed by atoms with Gasteiger partial charge in [-0.2, -0.15) is 0 Å². The van der Waals surface area contributed by atoms with Gasteiger partial charge in [-0.3, -0.25) is 19.5 Å². The van der Waals surface area contributed by atoms with Crippen molar-refractivity contribution in [3.8, 4) is 0 Å². The third-order valence-electron chi connectivity index (χ3n) is 7.52. The van der Waals surface area contributed by atoms with Crippen molar-refractivity contribution in [2.45, 2.75) is 44.1 Å². The third kappa shape index (κ3) is 4.56. The van der Waals surface area contributed by atoms with Gasteiger partial charge in [0.2, 0.25) is 5.91 Å². The maximum absolute atomic E-state index is 12.8. The summed E-state index contributed by atoms with van der Waals surface area (Å²) in [5.41, 5.74) is 2.10. The Kier molecular flexibility index (Phi) is 6.60. The van der Waals surface area contributed by atoms with Crippen LogP contribution in [0.4, 0.5) is 0 Å². The van der Waals surface area contributed by atoms with E-state index in [-0.39, 0.29) is 22.8 Å². The molecule has 6 heteroatoms. The Morgan fingerprint density at radius 1 is 1.09 bits per heavy atom. The van der Waals surface area contributed by atoms with Gasteiger partial charge in [0, 0.05) is 44.0 Å². The van der Waals surface area contributed by atoms with Gasteiger partial charge >= 0.3 is 0 Å². The Morgan fingerprint density at radius 2 is 1.84 bits per heavy atom. The summed E-state index contributed by atoms with van der Waals surface area (Å²) in [5, 5.41) is 2.93. The van der Waals surface area contributed by atoms with E-state index in [0.29, 0.717) is 25.1 Å². The molecular weight excluding hydrogens is 400 g/mol. The SMILES string of the molecule is CN(C)[C@]1(c2ccccc2)CC[C@@]2(CC1)CC(=O)N(CCCNC(=O)c1cccnc1)C2. The highest BCUT2D eigenvalue weighted by Crippen LogP contribution is 2.52. The molecule has 2 fully saturated rings. The molecule has 170 valence electrons. The molecule has 1 aliphatic heterocycles. The van der Waals surface area contributed by atoms with Crippen molar-refractivity contribution in [3.63, 3.8) is 0 Å². The van der Waals surface area contributed by atoms with E-state index >= 15 is 0 Å². The molecule has 0 radical (unpaired) electrons. The van der Waals surface area contributed by atoms with E-state index in [1.807, 2.05) is 4.90 Å². The number of amides is 2. The number of aromatic nitrogens is 1.